The third kappa shape index (κ3) is 14.2. The molecule has 0 amide bonds. The minimum Gasteiger partial charge on any atom is -0.265 e. The maximum Gasteiger partial charge on any atom is 0.0273 e. The monoisotopic (exact) mass is 869 g/mol. The number of pyridine rings is 2. The van der Waals surface area contributed by atoms with Gasteiger partial charge in [-0.15, -0.1) is 0 Å². The van der Waals surface area contributed by atoms with Crippen LogP contribution in [0.15, 0.2) is 97.6 Å². The third-order valence-electron chi connectivity index (χ3n) is 14.5. The maximum absolute atomic E-state index is 4.30. The van der Waals surface area contributed by atoms with Crippen LogP contribution in [0.2, 0.25) is 0 Å². The highest BCUT2D eigenvalue weighted by Gasteiger charge is 2.42. The normalized spacial score (nSPS) is 13.2. The van der Waals surface area contributed by atoms with Gasteiger partial charge in [-0.3, -0.25) is 9.97 Å². The molecular formula is C63H84N2. The van der Waals surface area contributed by atoms with E-state index in [1.807, 2.05) is 24.8 Å². The molecule has 65 heavy (non-hydrogen) atoms. The molecule has 0 aliphatic heterocycles. The van der Waals surface area contributed by atoms with Crippen molar-refractivity contribution in [1.82, 2.24) is 9.97 Å². The van der Waals surface area contributed by atoms with E-state index in [1.54, 1.807) is 11.1 Å². The van der Waals surface area contributed by atoms with Crippen molar-refractivity contribution in [3.63, 3.8) is 0 Å². The molecular weight excluding hydrogens is 785 g/mol. The van der Waals surface area contributed by atoms with Crippen LogP contribution >= 0.6 is 0 Å². The van der Waals surface area contributed by atoms with Gasteiger partial charge in [0.25, 0.3) is 0 Å². The Morgan fingerprint density at radius 1 is 0.415 bits per heavy atom. The van der Waals surface area contributed by atoms with E-state index in [0.717, 1.165) is 11.1 Å². The summed E-state index contributed by atoms with van der Waals surface area (Å²) >= 11 is 0. The lowest BCUT2D eigenvalue weighted by molar-refractivity contribution is 0.396. The summed E-state index contributed by atoms with van der Waals surface area (Å²) in [5, 5.41) is 0. The van der Waals surface area contributed by atoms with E-state index in [-0.39, 0.29) is 5.41 Å². The number of hydrogen-bond acceptors (Lipinski definition) is 2. The zero-order chi connectivity index (χ0) is 45.7. The zero-order valence-electron chi connectivity index (χ0n) is 41.7. The van der Waals surface area contributed by atoms with Gasteiger partial charge in [0.05, 0.1) is 0 Å². The number of hydrogen-bond donors (Lipinski definition) is 0. The Morgan fingerprint density at radius 2 is 0.862 bits per heavy atom. The van der Waals surface area contributed by atoms with Crippen molar-refractivity contribution in [2.45, 2.75) is 200 Å². The molecule has 0 spiro atoms. The topological polar surface area (TPSA) is 25.8 Å². The molecule has 0 unspecified atom stereocenters. The second kappa shape index (κ2) is 26.6. The first-order valence-corrected chi connectivity index (χ1v) is 26.5. The van der Waals surface area contributed by atoms with Crippen molar-refractivity contribution in [2.24, 2.45) is 0 Å². The minimum atomic E-state index is 0.0148. The zero-order valence-corrected chi connectivity index (χ0v) is 41.7. The number of unbranched alkanes of at least 4 members (excludes halogenated alkanes) is 18. The fourth-order valence-corrected chi connectivity index (χ4v) is 10.5. The molecule has 5 aromatic rings. The quantitative estimate of drug-likeness (QED) is 0.0448. The van der Waals surface area contributed by atoms with Crippen LogP contribution in [0.5, 0.6) is 0 Å². The molecule has 2 aromatic heterocycles. The van der Waals surface area contributed by atoms with Gasteiger partial charge in [0, 0.05) is 30.2 Å². The molecule has 0 fully saturated rings. The van der Waals surface area contributed by atoms with Gasteiger partial charge in [-0.25, -0.2) is 0 Å². The summed E-state index contributed by atoms with van der Waals surface area (Å²) in [6.45, 7) is 14.0. The van der Waals surface area contributed by atoms with Crippen molar-refractivity contribution >= 4 is 24.3 Å². The summed E-state index contributed by atoms with van der Waals surface area (Å²) in [6, 6.07) is 28.4. The summed E-state index contributed by atoms with van der Waals surface area (Å²) in [6.07, 6.45) is 46.6. The molecule has 2 heteroatoms. The summed E-state index contributed by atoms with van der Waals surface area (Å²) in [5.74, 6) is 0.869. The van der Waals surface area contributed by atoms with E-state index >= 15 is 0 Å². The van der Waals surface area contributed by atoms with Crippen LogP contribution in [-0.2, 0) is 5.41 Å². The average molecular weight is 869 g/mol. The molecule has 6 rings (SSSR count). The van der Waals surface area contributed by atoms with Gasteiger partial charge in [0.1, 0.15) is 0 Å². The molecule has 0 atom stereocenters. The first-order valence-electron chi connectivity index (χ1n) is 26.5. The maximum atomic E-state index is 4.30. The second-order valence-corrected chi connectivity index (χ2v) is 20.1. The summed E-state index contributed by atoms with van der Waals surface area (Å²) in [7, 11) is 0. The van der Waals surface area contributed by atoms with Crippen LogP contribution in [0.3, 0.4) is 0 Å². The summed E-state index contributed by atoms with van der Waals surface area (Å²) in [5.41, 5.74) is 16.5. The van der Waals surface area contributed by atoms with Gasteiger partial charge in [-0.05, 0) is 128 Å². The fraction of sp³-hybridized carbons (Fsp3) is 0.492. The molecule has 0 N–H and O–H groups in total. The molecule has 1 aliphatic rings. The van der Waals surface area contributed by atoms with Crippen molar-refractivity contribution in [1.29, 1.82) is 0 Å². The number of aromatic nitrogens is 2. The molecule has 2 heterocycles. The van der Waals surface area contributed by atoms with Crippen LogP contribution in [0, 0.1) is 0 Å². The fourth-order valence-electron chi connectivity index (χ4n) is 10.5. The van der Waals surface area contributed by atoms with Crippen LogP contribution in [0.1, 0.15) is 239 Å². The smallest absolute Gasteiger partial charge is 0.0273 e. The van der Waals surface area contributed by atoms with Gasteiger partial charge in [0.15, 0.2) is 0 Å². The molecule has 0 bridgehead atoms. The highest BCUT2D eigenvalue weighted by molar-refractivity contribution is 5.89. The predicted octanol–water partition coefficient (Wildman–Crippen LogP) is 19.6. The minimum absolute atomic E-state index is 0.0148. The van der Waals surface area contributed by atoms with Gasteiger partial charge >= 0.3 is 0 Å². The molecule has 0 saturated heterocycles. The Balaban J connectivity index is 1.39. The van der Waals surface area contributed by atoms with Crippen molar-refractivity contribution in [3.8, 4) is 22.3 Å². The van der Waals surface area contributed by atoms with Crippen molar-refractivity contribution in [3.05, 3.63) is 142 Å². The Bertz CT molecular complexity index is 2180. The Hall–Kier alpha value is -4.56. The first kappa shape index (κ1) is 49.9. The van der Waals surface area contributed by atoms with E-state index in [9.17, 15) is 0 Å². The van der Waals surface area contributed by atoms with E-state index in [1.165, 1.54) is 186 Å². The average Bonchev–Trinajstić information content (AvgIpc) is 3.59. The third-order valence-corrected chi connectivity index (χ3v) is 14.5. The number of nitrogens with zero attached hydrogens (tertiary/aromatic N) is 2. The van der Waals surface area contributed by atoms with E-state index < -0.39 is 0 Å². The standard InChI is InChI=1S/C63H84N2/c1-7-9-11-13-15-17-19-21-23-25-39-63(40-26-24-22-20-18-16-14-12-10-8-2)61-47-53(49(3)4)31-33-57(61)58-34-32-56(48-62(58)63)60-46-54(29-27-51-35-41-64-42-36-51)59(50(5)6)45-55(60)30-28-52-37-43-65-44-38-52/h27-38,41-50H,7-26,39-40H2,1-6H3/b29-27+,30-28+. The lowest BCUT2D eigenvalue weighted by Crippen LogP contribution is -2.26. The molecule has 2 nitrogen and oxygen atoms in total. The molecule has 0 radical (unpaired) electrons. The van der Waals surface area contributed by atoms with Gasteiger partial charge < -0.3 is 0 Å². The Labute approximate surface area is 396 Å². The first-order chi connectivity index (χ1) is 31.8. The molecule has 0 saturated carbocycles. The lowest BCUT2D eigenvalue weighted by atomic mass is 9.69. The second-order valence-electron chi connectivity index (χ2n) is 20.1. The Morgan fingerprint density at radius 3 is 1.34 bits per heavy atom. The van der Waals surface area contributed by atoms with Crippen LogP contribution in [0.25, 0.3) is 46.6 Å². The van der Waals surface area contributed by atoms with Crippen LogP contribution in [0.4, 0.5) is 0 Å². The Kier molecular flexibility index (Phi) is 20.4. The van der Waals surface area contributed by atoms with Crippen LogP contribution in [-0.4, -0.2) is 9.97 Å². The number of fused-ring (bicyclic) bond motifs is 3. The highest BCUT2D eigenvalue weighted by Crippen LogP contribution is 2.56. The van der Waals surface area contributed by atoms with Gasteiger partial charge in [-0.2, -0.15) is 0 Å². The SMILES string of the molecule is CCCCCCCCCCCCC1(CCCCCCCCCCCC)c2cc(-c3cc(/C=C/c4ccncc4)c(C(C)C)cc3/C=C/c3ccncc3)ccc2-c2ccc(C(C)C)cc21. The molecule has 1 aliphatic carbocycles. The van der Waals surface area contributed by atoms with Gasteiger partial charge in [-0.1, -0.05) is 231 Å². The predicted molar refractivity (Wildman–Crippen MR) is 286 cm³/mol. The van der Waals surface area contributed by atoms with E-state index in [4.69, 9.17) is 0 Å². The van der Waals surface area contributed by atoms with Crippen molar-refractivity contribution in [2.75, 3.05) is 0 Å². The lowest BCUT2D eigenvalue weighted by Gasteiger charge is -2.34. The van der Waals surface area contributed by atoms with E-state index in [2.05, 4.69) is 149 Å². The van der Waals surface area contributed by atoms with E-state index in [0.29, 0.717) is 11.8 Å². The van der Waals surface area contributed by atoms with Gasteiger partial charge in [0.2, 0.25) is 0 Å². The molecule has 3 aromatic carbocycles. The molecule has 346 valence electrons. The van der Waals surface area contributed by atoms with Crippen LogP contribution < -0.4 is 0 Å². The largest absolute Gasteiger partial charge is 0.265 e. The summed E-state index contributed by atoms with van der Waals surface area (Å²) in [4.78, 5) is 8.57. The highest BCUT2D eigenvalue weighted by atomic mass is 14.6. The number of benzene rings is 3. The number of rotatable bonds is 29. The van der Waals surface area contributed by atoms with Crippen molar-refractivity contribution < 1.29 is 0 Å². The summed E-state index contributed by atoms with van der Waals surface area (Å²) < 4.78 is 0.